The fraction of sp³-hybridized carbons (Fsp3) is 0.795. The van der Waals surface area contributed by atoms with Gasteiger partial charge in [-0.15, -0.1) is 47.5 Å². The molecule has 2 heterocycles. The summed E-state index contributed by atoms with van der Waals surface area (Å²) < 4.78 is 51.2. The summed E-state index contributed by atoms with van der Waals surface area (Å²) in [5.74, 6) is -3.33. The number of ether oxygens (including phenoxy) is 9. The number of hydrogen-bond donors (Lipinski definition) is 5. The van der Waals surface area contributed by atoms with Crippen molar-refractivity contribution in [1.82, 2.24) is 15.2 Å². The zero-order valence-corrected chi connectivity index (χ0v) is 78.3. The molecule has 1 aliphatic heterocycles. The highest BCUT2D eigenvalue weighted by Gasteiger charge is 2.56. The number of carboxylic acids is 1. The number of aliphatic hydroxyl groups excluding tert-OH is 3. The van der Waals surface area contributed by atoms with Crippen LogP contribution in [0.3, 0.4) is 0 Å². The average Bonchev–Trinajstić information content (AvgIpc) is 0.772. The van der Waals surface area contributed by atoms with Crippen LogP contribution >= 0.6 is 115 Å². The van der Waals surface area contributed by atoms with Gasteiger partial charge in [-0.2, -0.15) is 0 Å². The third-order valence-corrected chi connectivity index (χ3v) is 54.1. The van der Waals surface area contributed by atoms with Gasteiger partial charge in [0, 0.05) is 91.2 Å². The van der Waals surface area contributed by atoms with E-state index in [-0.39, 0.29) is 169 Å². The maximum Gasteiger partial charge on any atom is 0.320 e. The lowest BCUT2D eigenvalue weighted by Gasteiger charge is -2.42. The van der Waals surface area contributed by atoms with Crippen LogP contribution in [0.1, 0.15) is 197 Å². The second kappa shape index (κ2) is 58.8. The van der Waals surface area contributed by atoms with Gasteiger partial charge in [-0.25, -0.2) is 11.6 Å². The first-order valence-corrected chi connectivity index (χ1v) is 53.9. The van der Waals surface area contributed by atoms with Crippen LogP contribution in [0.15, 0.2) is 29.4 Å². The van der Waals surface area contributed by atoms with Crippen molar-refractivity contribution in [1.29, 1.82) is 0 Å². The number of aliphatic carboxylic acids is 1. The Morgan fingerprint density at radius 2 is 1.28 bits per heavy atom. The first kappa shape index (κ1) is 107. The summed E-state index contributed by atoms with van der Waals surface area (Å²) in [7, 11) is 20.3. The molecule has 0 spiro atoms. The van der Waals surface area contributed by atoms with E-state index in [2.05, 4.69) is 50.9 Å². The Morgan fingerprint density at radius 1 is 0.691 bits per heavy atom. The number of thiocarbonyl (C=S) groups is 1. The Hall–Kier alpha value is -1.06. The molecular formula is C73H129N4O21P7S5. The van der Waals surface area contributed by atoms with Crippen LogP contribution in [0, 0.1) is 28.2 Å². The molecule has 0 aromatic carbocycles. The number of nitrogens with one attached hydrogen (secondary N) is 1. The van der Waals surface area contributed by atoms with Gasteiger partial charge >= 0.3 is 29.8 Å². The molecule has 0 aliphatic carbocycles. The van der Waals surface area contributed by atoms with E-state index in [4.69, 9.17) is 61.4 Å². The minimum Gasteiger partial charge on any atom is -0.480 e. The van der Waals surface area contributed by atoms with Gasteiger partial charge in [0.2, 0.25) is 11.4 Å². The molecule has 632 valence electrons. The molecule has 0 radical (unpaired) electrons. The maximum atomic E-state index is 15.1. The molecule has 1 saturated heterocycles. The molecule has 2 rings (SSSR count). The van der Waals surface area contributed by atoms with Gasteiger partial charge in [-0.05, 0) is 155 Å². The second-order valence-corrected chi connectivity index (χ2v) is 57.4. The van der Waals surface area contributed by atoms with Crippen molar-refractivity contribution >= 4 is 166 Å². The lowest BCUT2D eigenvalue weighted by Crippen LogP contribution is -2.64. The molecule has 1 aliphatic rings. The highest BCUT2D eigenvalue weighted by Crippen LogP contribution is 2.92. The molecule has 1 fully saturated rings. The molecule has 37 heteroatoms. The number of aromatic nitrogens is 1. The third kappa shape index (κ3) is 42.6. The molecule has 0 saturated carbocycles. The number of carboxylic acid groups (broad SMARTS) is 1. The zero-order chi connectivity index (χ0) is 83.0. The first-order valence-electron chi connectivity index (χ1n) is 37.5. The molecule has 25 nitrogen and oxygen atoms in total. The van der Waals surface area contributed by atoms with E-state index in [9.17, 15) is 44.4 Å². The summed E-state index contributed by atoms with van der Waals surface area (Å²) in [5.41, 5.74) is -7.72. The van der Waals surface area contributed by atoms with Gasteiger partial charge in [0.25, 0.3) is 0 Å². The number of rotatable bonds is 60. The summed E-state index contributed by atoms with van der Waals surface area (Å²) in [6.45, 7) is 25.3. The number of carbonyl (C=O) groups excluding carboxylic acids is 7. The van der Waals surface area contributed by atoms with Crippen molar-refractivity contribution in [3.63, 3.8) is 0 Å². The molecule has 1 amide bonds. The predicted octanol–water partition coefficient (Wildman–Crippen LogP) is 14.5. The fourth-order valence-electron chi connectivity index (χ4n) is 12.4. The van der Waals surface area contributed by atoms with Crippen LogP contribution in [0.2, 0.25) is 0 Å². The number of thioether (sulfide) groups is 2. The Kier molecular flexibility index (Phi) is 57.1. The van der Waals surface area contributed by atoms with Crippen molar-refractivity contribution in [3.05, 3.63) is 35.8 Å². The number of likely N-dealkylation sites (N-methyl/N-ethyl adjacent to an activating group) is 1. The summed E-state index contributed by atoms with van der Waals surface area (Å²) >= 11 is 8.15. The van der Waals surface area contributed by atoms with E-state index < -0.39 is 105 Å². The summed E-state index contributed by atoms with van der Waals surface area (Å²) in [6.07, 6.45) is 2.03. The normalized spacial score (nSPS) is 19.4. The van der Waals surface area contributed by atoms with Crippen LogP contribution in [0.5, 0.6) is 0 Å². The van der Waals surface area contributed by atoms with Gasteiger partial charge in [-0.1, -0.05) is 95.3 Å². The number of esters is 4. The van der Waals surface area contributed by atoms with Crippen molar-refractivity contribution in [2.45, 2.75) is 243 Å². The van der Waals surface area contributed by atoms with Crippen LogP contribution in [-0.2, 0) is 81.0 Å². The van der Waals surface area contributed by atoms with E-state index in [1.54, 1.807) is 46.9 Å². The summed E-state index contributed by atoms with van der Waals surface area (Å²) in [6, 6.07) is 4.51. The van der Waals surface area contributed by atoms with Gasteiger partial charge in [0.05, 0.1) is 61.3 Å². The minimum absolute atomic E-state index is 0.0130. The number of nitrogens with zero attached hydrogens (tertiary/aromatic N) is 3. The van der Waals surface area contributed by atoms with E-state index in [1.165, 1.54) is 47.4 Å². The number of carbonyl (C=O) groups is 8. The number of aliphatic hydroxyl groups is 3. The SMILES string of the molecule is PPP(P)P(P)P.[C-]#[N+]C(C)(CCC(=O)CCCOCCOCCC(=O)CCCCCCO[C@@H]1O[C@H](CO)[C@H](O)[C@H](O)[C@H]1NC(C)=O)CC(C)(CC(C)(CC(C)(CCC(C)(CCC(CCC)(SC(=S)SCC)C(=O)O)C(=O)OCCCC)C(=O)OCCN(C)C)C(=O)OCCOC)C(=O)OCCSSc1ccccn1. The Labute approximate surface area is 690 Å². The van der Waals surface area contributed by atoms with Crippen LogP contribution in [0.4, 0.5) is 0 Å². The zero-order valence-electron chi connectivity index (χ0n) is 66.8. The highest BCUT2D eigenvalue weighted by molar-refractivity contribution is 8.98. The number of unbranched alkanes of at least 4 members (excludes halogenated alkanes) is 4. The quantitative estimate of drug-likeness (QED) is 0.00769. The highest BCUT2D eigenvalue weighted by atomic mass is 33.1. The number of ketones is 2. The number of pyridine rings is 1. The fourth-order valence-corrected chi connectivity index (χ4v) is 33.3. The van der Waals surface area contributed by atoms with E-state index in [0.29, 0.717) is 60.1 Å². The molecule has 1 aromatic heterocycles. The van der Waals surface area contributed by atoms with Crippen molar-refractivity contribution in [2.75, 3.05) is 112 Å². The van der Waals surface area contributed by atoms with Gasteiger partial charge in [0.1, 0.15) is 69.0 Å². The lowest BCUT2D eigenvalue weighted by molar-refractivity contribution is -0.270. The molecule has 110 heavy (non-hydrogen) atoms. The molecule has 12 unspecified atom stereocenters. The van der Waals surface area contributed by atoms with Crippen molar-refractivity contribution < 1.29 is 101 Å². The lowest BCUT2D eigenvalue weighted by atomic mass is 9.61. The molecular weight excluding hydrogens is 1650 g/mol. The minimum atomic E-state index is -1.73. The van der Waals surface area contributed by atoms with Crippen LogP contribution in [-0.4, -0.2) is 234 Å². The number of methoxy groups -OCH3 is 1. The van der Waals surface area contributed by atoms with Crippen molar-refractivity contribution in [3.8, 4) is 0 Å². The molecule has 17 atom stereocenters. The van der Waals surface area contributed by atoms with Crippen molar-refractivity contribution in [2.24, 2.45) is 21.7 Å². The first-order chi connectivity index (χ1) is 52.0. The largest absolute Gasteiger partial charge is 0.480 e. The Bertz CT molecular complexity index is 2940. The molecule has 5 N–H and O–H groups in total. The van der Waals surface area contributed by atoms with Crippen LogP contribution < -0.4 is 5.32 Å². The van der Waals surface area contributed by atoms with Gasteiger partial charge < -0.3 is 78.1 Å². The molecule has 1 aromatic rings. The second-order valence-electron chi connectivity index (χ2n) is 29.0. The van der Waals surface area contributed by atoms with E-state index >= 15 is 14.4 Å². The standard InChI is InChI=1S/C73H120N4O21S5.H9P7/c1-14-17-39-94-63(86)68(5,34-35-73(30-15-2,62(84)85)102-67(99)100-16-3)32-33-69(6,64(87)95-42-37-77(11)12)50-70(7,65(88)96-46-43-90-13)51-71(8,66(89)97-47-48-101-103-57-27-21-22-36-75-57)52-72(9,74-10)31-28-54(80)26-24-38-91-44-45-92-41-29-55(81)25-20-18-19-23-40-93-61-58(76-53(4)79)60(83)59(82)56(49-78)98-61;1-5-7(4)6(2)3/h21-22,27,36,56,58-61,78,82-83H,14-20,23-26,28-35,37-52H2,1-9,11-13H3,(H,76,79)(H,84,85);5H,1-4H2/t56-,58-,59+,60-,61-,68?,69?,70?,71?,72?,73?;/m1./s1. The summed E-state index contributed by atoms with van der Waals surface area (Å²) in [4.78, 5) is 121. The topological polar surface area (TPSA) is 333 Å². The number of amides is 1. The average molecular weight is 1780 g/mol. The maximum absolute atomic E-state index is 15.1. The van der Waals surface area contributed by atoms with E-state index in [1.807, 2.05) is 51.9 Å². The van der Waals surface area contributed by atoms with Crippen LogP contribution in [0.25, 0.3) is 4.85 Å². The number of hydrogen-bond acceptors (Lipinski definition) is 27. The number of Topliss-reactive ketones (excluding diaryl/α,β-unsaturated/α-hetero) is 2. The Balaban J connectivity index is 0.00000820. The van der Waals surface area contributed by atoms with E-state index in [0.717, 1.165) is 44.0 Å². The smallest absolute Gasteiger partial charge is 0.320 e. The predicted molar refractivity (Wildman–Crippen MR) is 465 cm³/mol. The third-order valence-electron chi connectivity index (χ3n) is 18.5. The van der Waals surface area contributed by atoms with Gasteiger partial charge in [0.15, 0.2) is 6.29 Å². The molecule has 0 bridgehead atoms. The monoisotopic (exact) mass is 1770 g/mol. The Morgan fingerprint density at radius 3 is 1.86 bits per heavy atom. The van der Waals surface area contributed by atoms with Gasteiger partial charge in [-0.3, -0.25) is 38.4 Å². The summed E-state index contributed by atoms with van der Waals surface area (Å²) in [5, 5.41) is 44.4.